The van der Waals surface area contributed by atoms with Crippen LogP contribution in [0.1, 0.15) is 29.6 Å². The molecule has 0 bridgehead atoms. The molecule has 0 atom stereocenters. The molecule has 2 N–H and O–H groups in total. The van der Waals surface area contributed by atoms with Crippen molar-refractivity contribution in [1.29, 1.82) is 0 Å². The molecule has 0 fully saturated rings. The number of benzene rings is 1. The Kier molecular flexibility index (Phi) is 5.44. The van der Waals surface area contributed by atoms with Crippen molar-refractivity contribution in [2.24, 2.45) is 0 Å². The summed E-state index contributed by atoms with van der Waals surface area (Å²) in [4.78, 5) is 10.1. The molecule has 0 amide bonds. The molecule has 0 radical (unpaired) electrons. The molecule has 1 rings (SSSR count). The van der Waals surface area contributed by atoms with Gasteiger partial charge in [-0.25, -0.2) is 17.6 Å². The predicted molar refractivity (Wildman–Crippen MR) is 66.3 cm³/mol. The van der Waals surface area contributed by atoms with Crippen LogP contribution < -0.4 is 0 Å². The van der Waals surface area contributed by atoms with Gasteiger partial charge in [0.1, 0.15) is 10.7 Å². The van der Waals surface area contributed by atoms with Gasteiger partial charge in [-0.1, -0.05) is 6.42 Å². The zero-order valence-corrected chi connectivity index (χ0v) is 11.0. The highest BCUT2D eigenvalue weighted by molar-refractivity contribution is 7.91. The number of carbonyl (C=O) groups is 1. The first-order chi connectivity index (χ1) is 8.88. The van der Waals surface area contributed by atoms with Crippen LogP contribution in [0.3, 0.4) is 0 Å². The van der Waals surface area contributed by atoms with E-state index in [2.05, 4.69) is 0 Å². The van der Waals surface area contributed by atoms with Crippen LogP contribution in [0.15, 0.2) is 23.1 Å². The molecule has 106 valence electrons. The molecule has 0 spiro atoms. The van der Waals surface area contributed by atoms with Crippen LogP contribution in [0.25, 0.3) is 0 Å². The van der Waals surface area contributed by atoms with Crippen molar-refractivity contribution < 1.29 is 27.8 Å². The number of unbranched alkanes of at least 4 members (excludes halogenated alkanes) is 2. The summed E-state index contributed by atoms with van der Waals surface area (Å²) in [6, 6.07) is 2.73. The zero-order valence-electron chi connectivity index (χ0n) is 10.2. The number of rotatable bonds is 7. The topological polar surface area (TPSA) is 91.7 Å². The van der Waals surface area contributed by atoms with Gasteiger partial charge in [-0.3, -0.25) is 0 Å². The molecular formula is C12H15FO5S. The van der Waals surface area contributed by atoms with Gasteiger partial charge in [-0.2, -0.15) is 0 Å². The summed E-state index contributed by atoms with van der Waals surface area (Å²) < 4.78 is 37.3. The van der Waals surface area contributed by atoms with E-state index in [0.717, 1.165) is 12.1 Å². The Bertz CT molecular complexity index is 553. The average Bonchev–Trinajstić information content (AvgIpc) is 2.34. The molecule has 0 aliphatic carbocycles. The first-order valence-electron chi connectivity index (χ1n) is 5.75. The maximum absolute atomic E-state index is 13.6. The summed E-state index contributed by atoms with van der Waals surface area (Å²) in [7, 11) is -3.76. The van der Waals surface area contributed by atoms with Gasteiger partial charge < -0.3 is 10.2 Å². The van der Waals surface area contributed by atoms with Gasteiger partial charge in [-0.05, 0) is 31.0 Å². The van der Waals surface area contributed by atoms with Crippen LogP contribution in [0.5, 0.6) is 0 Å². The van der Waals surface area contributed by atoms with E-state index in [9.17, 15) is 17.6 Å². The van der Waals surface area contributed by atoms with Gasteiger partial charge in [0, 0.05) is 6.61 Å². The highest BCUT2D eigenvalue weighted by Crippen LogP contribution is 2.19. The van der Waals surface area contributed by atoms with E-state index in [-0.39, 0.29) is 17.9 Å². The molecule has 0 aromatic heterocycles. The van der Waals surface area contributed by atoms with Gasteiger partial charge in [-0.15, -0.1) is 0 Å². The SMILES string of the molecule is O=C(O)c1ccc(S(=O)(=O)CCCCCO)c(F)c1. The third-order valence-corrected chi connectivity index (χ3v) is 4.41. The Morgan fingerprint density at radius 3 is 2.42 bits per heavy atom. The second kappa shape index (κ2) is 6.63. The summed E-state index contributed by atoms with van der Waals surface area (Å²) in [5.41, 5.74) is -0.295. The third-order valence-electron chi connectivity index (χ3n) is 2.59. The maximum atomic E-state index is 13.6. The number of carboxylic acid groups (broad SMARTS) is 1. The minimum Gasteiger partial charge on any atom is -0.478 e. The lowest BCUT2D eigenvalue weighted by molar-refractivity contribution is 0.0696. The van der Waals surface area contributed by atoms with Crippen LogP contribution in [0, 0.1) is 5.82 Å². The van der Waals surface area contributed by atoms with Crippen LogP contribution in [0.4, 0.5) is 4.39 Å². The smallest absolute Gasteiger partial charge is 0.335 e. The highest BCUT2D eigenvalue weighted by atomic mass is 32.2. The number of aliphatic hydroxyl groups excluding tert-OH is 1. The third kappa shape index (κ3) is 4.29. The van der Waals surface area contributed by atoms with E-state index < -0.39 is 26.5 Å². The number of aliphatic hydroxyl groups is 1. The van der Waals surface area contributed by atoms with E-state index in [4.69, 9.17) is 10.2 Å². The van der Waals surface area contributed by atoms with Gasteiger partial charge in [0.15, 0.2) is 9.84 Å². The van der Waals surface area contributed by atoms with E-state index >= 15 is 0 Å². The first-order valence-corrected chi connectivity index (χ1v) is 7.40. The lowest BCUT2D eigenvalue weighted by Gasteiger charge is -2.06. The van der Waals surface area contributed by atoms with Crippen LogP contribution in [-0.2, 0) is 9.84 Å². The standard InChI is InChI=1S/C12H15FO5S/c13-10-8-9(12(15)16)4-5-11(10)19(17,18)7-3-1-2-6-14/h4-5,8,14H,1-3,6-7H2,(H,15,16). The first kappa shape index (κ1) is 15.6. The minimum absolute atomic E-state index is 0.0122. The lowest BCUT2D eigenvalue weighted by atomic mass is 10.2. The Morgan fingerprint density at radius 1 is 1.21 bits per heavy atom. The molecule has 1 aromatic rings. The fourth-order valence-electron chi connectivity index (χ4n) is 1.58. The Morgan fingerprint density at radius 2 is 1.89 bits per heavy atom. The average molecular weight is 290 g/mol. The Balaban J connectivity index is 2.87. The maximum Gasteiger partial charge on any atom is 0.335 e. The van der Waals surface area contributed by atoms with Crippen LogP contribution in [0.2, 0.25) is 0 Å². The van der Waals surface area contributed by atoms with Crippen molar-refractivity contribution in [2.45, 2.75) is 24.2 Å². The molecule has 1 aromatic carbocycles. The van der Waals surface area contributed by atoms with Crippen molar-refractivity contribution in [1.82, 2.24) is 0 Å². The Hall–Kier alpha value is -1.47. The highest BCUT2D eigenvalue weighted by Gasteiger charge is 2.20. The summed E-state index contributed by atoms with van der Waals surface area (Å²) >= 11 is 0. The van der Waals surface area contributed by atoms with Gasteiger partial charge >= 0.3 is 5.97 Å². The second-order valence-corrected chi connectivity index (χ2v) is 6.13. The summed E-state index contributed by atoms with van der Waals surface area (Å²) in [6.07, 6.45) is 1.35. The molecule has 0 heterocycles. The van der Waals surface area contributed by atoms with Crippen molar-refractivity contribution in [2.75, 3.05) is 12.4 Å². The van der Waals surface area contributed by atoms with Crippen molar-refractivity contribution in [3.8, 4) is 0 Å². The molecule has 0 saturated heterocycles. The summed E-state index contributed by atoms with van der Waals surface area (Å²) in [5, 5.41) is 17.2. The molecular weight excluding hydrogens is 275 g/mol. The largest absolute Gasteiger partial charge is 0.478 e. The van der Waals surface area contributed by atoms with Crippen molar-refractivity contribution in [3.05, 3.63) is 29.6 Å². The summed E-state index contributed by atoms with van der Waals surface area (Å²) in [6.45, 7) is -0.0122. The van der Waals surface area contributed by atoms with E-state index in [0.29, 0.717) is 25.3 Å². The Labute approximate surface area is 110 Å². The quantitative estimate of drug-likeness (QED) is 0.742. The molecule has 5 nitrogen and oxygen atoms in total. The molecule has 0 aliphatic heterocycles. The van der Waals surface area contributed by atoms with Crippen molar-refractivity contribution >= 4 is 15.8 Å². The number of halogens is 1. The minimum atomic E-state index is -3.76. The zero-order chi connectivity index (χ0) is 14.5. The normalized spacial score (nSPS) is 11.5. The lowest BCUT2D eigenvalue weighted by Crippen LogP contribution is -2.10. The predicted octanol–water partition coefficient (Wildman–Crippen LogP) is 1.46. The van der Waals surface area contributed by atoms with E-state index in [1.54, 1.807) is 0 Å². The fraction of sp³-hybridized carbons (Fsp3) is 0.417. The van der Waals surface area contributed by atoms with Crippen LogP contribution >= 0.6 is 0 Å². The van der Waals surface area contributed by atoms with E-state index in [1.165, 1.54) is 0 Å². The fourth-order valence-corrected chi connectivity index (χ4v) is 3.01. The second-order valence-electron chi connectivity index (χ2n) is 4.05. The summed E-state index contributed by atoms with van der Waals surface area (Å²) in [5.74, 6) is -2.59. The van der Waals surface area contributed by atoms with Gasteiger partial charge in [0.25, 0.3) is 0 Å². The monoisotopic (exact) mass is 290 g/mol. The van der Waals surface area contributed by atoms with Gasteiger partial charge in [0.05, 0.1) is 11.3 Å². The molecule has 19 heavy (non-hydrogen) atoms. The van der Waals surface area contributed by atoms with Crippen LogP contribution in [-0.4, -0.2) is 37.0 Å². The number of carboxylic acids is 1. The van der Waals surface area contributed by atoms with Gasteiger partial charge in [0.2, 0.25) is 0 Å². The van der Waals surface area contributed by atoms with Crippen molar-refractivity contribution in [3.63, 3.8) is 0 Å². The molecule has 0 saturated carbocycles. The number of aromatic carboxylic acids is 1. The van der Waals surface area contributed by atoms with E-state index in [1.807, 2.05) is 0 Å². The molecule has 0 aliphatic rings. The number of hydrogen-bond acceptors (Lipinski definition) is 4. The number of hydrogen-bond donors (Lipinski definition) is 2. The number of sulfone groups is 1. The molecule has 0 unspecified atom stereocenters. The molecule has 7 heteroatoms.